The molecule has 0 aliphatic carbocycles. The SMILES string of the molecule is COc1cc(-c2c(-c3cccc(C#N)c3)nc(N)n3nc(Nc4ccccn4)nc23)cc(C)n1. The fourth-order valence-corrected chi connectivity index (χ4v) is 3.66. The molecule has 5 aromatic rings. The highest BCUT2D eigenvalue weighted by Crippen LogP contribution is 2.37. The fourth-order valence-electron chi connectivity index (χ4n) is 3.66. The molecule has 34 heavy (non-hydrogen) atoms. The number of fused-ring (bicyclic) bond motifs is 1. The number of benzene rings is 1. The molecule has 0 atom stereocenters. The molecule has 0 radical (unpaired) electrons. The minimum absolute atomic E-state index is 0.149. The Bertz CT molecular complexity index is 1550. The average Bonchev–Trinajstić information content (AvgIpc) is 3.28. The van der Waals surface area contributed by atoms with Gasteiger partial charge in [-0.25, -0.2) is 15.0 Å². The van der Waals surface area contributed by atoms with Gasteiger partial charge in [0.1, 0.15) is 5.82 Å². The van der Waals surface area contributed by atoms with Crippen molar-refractivity contribution < 1.29 is 4.74 Å². The van der Waals surface area contributed by atoms with Gasteiger partial charge in [0.25, 0.3) is 0 Å². The lowest BCUT2D eigenvalue weighted by Gasteiger charge is -2.13. The van der Waals surface area contributed by atoms with Crippen LogP contribution < -0.4 is 15.8 Å². The Balaban J connectivity index is 1.79. The number of rotatable bonds is 5. The van der Waals surface area contributed by atoms with Crippen LogP contribution >= 0.6 is 0 Å². The molecule has 0 aliphatic heterocycles. The van der Waals surface area contributed by atoms with Gasteiger partial charge in [0.2, 0.25) is 17.8 Å². The van der Waals surface area contributed by atoms with E-state index in [0.29, 0.717) is 40.1 Å². The van der Waals surface area contributed by atoms with Crippen molar-refractivity contribution in [1.29, 1.82) is 5.26 Å². The molecular weight excluding hydrogens is 430 g/mol. The topological polar surface area (TPSA) is 140 Å². The molecule has 5 rings (SSSR count). The highest BCUT2D eigenvalue weighted by molar-refractivity contribution is 5.91. The first-order valence-corrected chi connectivity index (χ1v) is 10.3. The van der Waals surface area contributed by atoms with Crippen molar-refractivity contribution >= 4 is 23.4 Å². The zero-order valence-corrected chi connectivity index (χ0v) is 18.4. The Morgan fingerprint density at radius 1 is 1.03 bits per heavy atom. The van der Waals surface area contributed by atoms with Gasteiger partial charge in [-0.2, -0.15) is 14.8 Å². The van der Waals surface area contributed by atoms with Gasteiger partial charge in [-0.1, -0.05) is 18.2 Å². The molecule has 4 aromatic heterocycles. The van der Waals surface area contributed by atoms with Gasteiger partial charge in [-0.05, 0) is 42.8 Å². The molecule has 3 N–H and O–H groups in total. The largest absolute Gasteiger partial charge is 0.481 e. The molecule has 0 unspecified atom stereocenters. The summed E-state index contributed by atoms with van der Waals surface area (Å²) in [5.74, 6) is 1.51. The van der Waals surface area contributed by atoms with Gasteiger partial charge in [-0.3, -0.25) is 0 Å². The summed E-state index contributed by atoms with van der Waals surface area (Å²) in [4.78, 5) is 18.0. The monoisotopic (exact) mass is 449 g/mol. The lowest BCUT2D eigenvalue weighted by molar-refractivity contribution is 0.397. The number of hydrogen-bond donors (Lipinski definition) is 2. The van der Waals surface area contributed by atoms with Crippen LogP contribution in [-0.4, -0.2) is 36.7 Å². The number of hydrogen-bond acceptors (Lipinski definition) is 9. The van der Waals surface area contributed by atoms with Crippen LogP contribution in [0.15, 0.2) is 60.8 Å². The first kappa shape index (κ1) is 20.8. The van der Waals surface area contributed by atoms with E-state index in [1.807, 2.05) is 37.3 Å². The number of aryl methyl sites for hydroxylation is 1. The summed E-state index contributed by atoms with van der Waals surface area (Å²) in [7, 11) is 1.56. The molecule has 1 aromatic carbocycles. The van der Waals surface area contributed by atoms with E-state index in [9.17, 15) is 5.26 Å². The second-order valence-corrected chi connectivity index (χ2v) is 7.44. The predicted molar refractivity (Wildman–Crippen MR) is 127 cm³/mol. The zero-order chi connectivity index (χ0) is 23.7. The van der Waals surface area contributed by atoms with Gasteiger partial charge < -0.3 is 15.8 Å². The Labute approximate surface area is 194 Å². The zero-order valence-electron chi connectivity index (χ0n) is 18.4. The normalized spacial score (nSPS) is 10.7. The summed E-state index contributed by atoms with van der Waals surface area (Å²) in [6.07, 6.45) is 1.67. The maximum atomic E-state index is 9.41. The van der Waals surface area contributed by atoms with E-state index in [4.69, 9.17) is 15.5 Å². The summed E-state index contributed by atoms with van der Waals surface area (Å²) in [6, 6.07) is 18.5. The van der Waals surface area contributed by atoms with Crippen LogP contribution in [-0.2, 0) is 0 Å². The molecule has 0 aliphatic rings. The Morgan fingerprint density at radius 3 is 2.68 bits per heavy atom. The Kier molecular flexibility index (Phi) is 5.20. The second kappa shape index (κ2) is 8.48. The van der Waals surface area contributed by atoms with Crippen LogP contribution in [0.4, 0.5) is 17.7 Å². The van der Waals surface area contributed by atoms with Crippen LogP contribution in [0.2, 0.25) is 0 Å². The first-order chi connectivity index (χ1) is 16.6. The number of methoxy groups -OCH3 is 1. The van der Waals surface area contributed by atoms with Crippen molar-refractivity contribution in [2.24, 2.45) is 0 Å². The Morgan fingerprint density at radius 2 is 1.91 bits per heavy atom. The number of nitrogens with one attached hydrogen (secondary N) is 1. The summed E-state index contributed by atoms with van der Waals surface area (Å²) in [5.41, 5.74) is 10.8. The number of nitriles is 1. The van der Waals surface area contributed by atoms with Crippen LogP contribution in [0.3, 0.4) is 0 Å². The summed E-state index contributed by atoms with van der Waals surface area (Å²) in [5, 5.41) is 17.0. The third-order valence-corrected chi connectivity index (χ3v) is 5.11. The van der Waals surface area contributed by atoms with E-state index < -0.39 is 0 Å². The van der Waals surface area contributed by atoms with Crippen LogP contribution in [0, 0.1) is 18.3 Å². The minimum Gasteiger partial charge on any atom is -0.481 e. The molecule has 0 saturated heterocycles. The van der Waals surface area contributed by atoms with Crippen molar-refractivity contribution in [1.82, 2.24) is 29.5 Å². The van der Waals surface area contributed by atoms with Gasteiger partial charge in [0.05, 0.1) is 30.0 Å². The van der Waals surface area contributed by atoms with Gasteiger partial charge in [0.15, 0.2) is 5.65 Å². The van der Waals surface area contributed by atoms with Crippen molar-refractivity contribution in [2.45, 2.75) is 6.92 Å². The van der Waals surface area contributed by atoms with Crippen molar-refractivity contribution in [3.05, 3.63) is 72.1 Å². The summed E-state index contributed by atoms with van der Waals surface area (Å²) < 4.78 is 6.87. The highest BCUT2D eigenvalue weighted by Gasteiger charge is 2.21. The van der Waals surface area contributed by atoms with E-state index in [-0.39, 0.29) is 5.95 Å². The number of nitrogens with zero attached hydrogens (tertiary/aromatic N) is 7. The number of anilines is 3. The lowest BCUT2D eigenvalue weighted by Crippen LogP contribution is -2.06. The average molecular weight is 449 g/mol. The van der Waals surface area contributed by atoms with E-state index in [0.717, 1.165) is 16.8 Å². The number of nitrogen functional groups attached to an aromatic ring is 1. The smallest absolute Gasteiger partial charge is 0.248 e. The molecule has 0 bridgehead atoms. The Hall–Kier alpha value is -5.04. The molecule has 10 heteroatoms. The maximum absolute atomic E-state index is 9.41. The molecule has 0 amide bonds. The molecular formula is C24H19N9O. The third kappa shape index (κ3) is 3.82. The molecule has 166 valence electrons. The summed E-state index contributed by atoms with van der Waals surface area (Å²) >= 11 is 0. The maximum Gasteiger partial charge on any atom is 0.248 e. The first-order valence-electron chi connectivity index (χ1n) is 10.3. The molecule has 10 nitrogen and oxygen atoms in total. The quantitative estimate of drug-likeness (QED) is 0.410. The fraction of sp³-hybridized carbons (Fsp3) is 0.0833. The van der Waals surface area contributed by atoms with Crippen molar-refractivity contribution in [3.63, 3.8) is 0 Å². The van der Waals surface area contributed by atoms with Crippen LogP contribution in [0.25, 0.3) is 28.0 Å². The van der Waals surface area contributed by atoms with Gasteiger partial charge >= 0.3 is 0 Å². The van der Waals surface area contributed by atoms with Gasteiger partial charge in [0, 0.05) is 23.5 Å². The van der Waals surface area contributed by atoms with Crippen molar-refractivity contribution in [2.75, 3.05) is 18.2 Å². The van der Waals surface area contributed by atoms with Crippen LogP contribution in [0.1, 0.15) is 11.3 Å². The lowest BCUT2D eigenvalue weighted by atomic mass is 9.99. The van der Waals surface area contributed by atoms with Gasteiger partial charge in [-0.15, -0.1) is 5.10 Å². The van der Waals surface area contributed by atoms with E-state index in [2.05, 4.69) is 31.4 Å². The summed E-state index contributed by atoms with van der Waals surface area (Å²) in [6.45, 7) is 1.88. The molecule has 4 heterocycles. The van der Waals surface area contributed by atoms with Crippen LogP contribution in [0.5, 0.6) is 5.88 Å². The second-order valence-electron chi connectivity index (χ2n) is 7.44. The third-order valence-electron chi connectivity index (χ3n) is 5.11. The number of aromatic nitrogens is 6. The number of ether oxygens (including phenoxy) is 1. The highest BCUT2D eigenvalue weighted by atomic mass is 16.5. The van der Waals surface area contributed by atoms with E-state index in [1.165, 1.54) is 4.52 Å². The molecule has 0 fully saturated rings. The van der Waals surface area contributed by atoms with E-state index in [1.54, 1.807) is 37.6 Å². The van der Waals surface area contributed by atoms with E-state index >= 15 is 0 Å². The van der Waals surface area contributed by atoms with Crippen molar-refractivity contribution in [3.8, 4) is 34.3 Å². The minimum atomic E-state index is 0.149. The predicted octanol–water partition coefficient (Wildman–Crippen LogP) is 3.76. The molecule has 0 saturated carbocycles. The number of nitrogens with two attached hydrogens (primary N) is 1. The standard InChI is InChI=1S/C24H19N9O/c1-14-10-17(12-19(28-14)34-2)20-21(16-7-5-6-15(11-16)13-25)30-23(26)33-22(20)31-24(32-33)29-18-8-3-4-9-27-18/h3-12H,1-2H3,(H2,26,30)(H,27,29,32). The molecule has 0 spiro atoms. The number of pyridine rings is 2.